The summed E-state index contributed by atoms with van der Waals surface area (Å²) in [6, 6.07) is 11.3. The molecule has 2 atom stereocenters. The molecule has 2 N–H and O–H groups in total. The monoisotopic (exact) mass is 468 g/mol. The molecular weight excluding hydrogens is 436 g/mol. The van der Waals surface area contributed by atoms with Gasteiger partial charge in [-0.3, -0.25) is 9.36 Å². The Bertz CT molecular complexity index is 1160. The van der Waals surface area contributed by atoms with Crippen LogP contribution in [0.2, 0.25) is 0 Å². The molecule has 1 saturated heterocycles. The molecule has 8 heteroatoms. The highest BCUT2D eigenvalue weighted by molar-refractivity contribution is 5.85. The van der Waals surface area contributed by atoms with E-state index in [4.69, 9.17) is 4.98 Å². The maximum absolute atomic E-state index is 12.8. The van der Waals surface area contributed by atoms with Crippen LogP contribution in [0.4, 0.5) is 17.3 Å². The average molecular weight is 469 g/mol. The van der Waals surface area contributed by atoms with E-state index in [9.17, 15) is 4.79 Å². The third-order valence-corrected chi connectivity index (χ3v) is 6.74. The van der Waals surface area contributed by atoms with E-state index < -0.39 is 0 Å². The highest BCUT2D eigenvalue weighted by Crippen LogP contribution is 2.31. The summed E-state index contributed by atoms with van der Waals surface area (Å²) in [4.78, 5) is 24.6. The predicted octanol–water partition coefficient (Wildman–Crippen LogP) is 4.57. The number of halogens is 1. The number of hydrogen-bond donors (Lipinski definition) is 2. The second-order valence-corrected chi connectivity index (χ2v) is 9.45. The Kier molecular flexibility index (Phi) is 6.91. The lowest BCUT2D eigenvalue weighted by Crippen LogP contribution is -2.54. The summed E-state index contributed by atoms with van der Waals surface area (Å²) in [5, 5.41) is 7.85. The molecule has 1 aliphatic heterocycles. The Hall–Kier alpha value is -2.64. The van der Waals surface area contributed by atoms with Gasteiger partial charge in [-0.15, -0.1) is 12.4 Å². The molecule has 176 valence electrons. The smallest absolute Gasteiger partial charge is 0.252 e. The summed E-state index contributed by atoms with van der Waals surface area (Å²) in [5.41, 5.74) is 3.86. The summed E-state index contributed by atoms with van der Waals surface area (Å²) in [7, 11) is 0. The summed E-state index contributed by atoms with van der Waals surface area (Å²) in [6.07, 6.45) is 6.24. The minimum Gasteiger partial charge on any atom is -0.368 e. The summed E-state index contributed by atoms with van der Waals surface area (Å²) in [5.74, 6) is 0.520. The van der Waals surface area contributed by atoms with Gasteiger partial charge in [-0.05, 0) is 63.4 Å². The van der Waals surface area contributed by atoms with Gasteiger partial charge in [0.05, 0.1) is 0 Å². The molecule has 0 spiro atoms. The van der Waals surface area contributed by atoms with Gasteiger partial charge in [-0.25, -0.2) is 4.98 Å². The van der Waals surface area contributed by atoms with Crippen molar-refractivity contribution in [1.29, 1.82) is 0 Å². The fourth-order valence-electron chi connectivity index (χ4n) is 5.27. The van der Waals surface area contributed by atoms with Crippen LogP contribution in [0.1, 0.15) is 51.1 Å². The van der Waals surface area contributed by atoms with Gasteiger partial charge in [0.25, 0.3) is 5.56 Å². The Morgan fingerprint density at radius 1 is 1.06 bits per heavy atom. The maximum atomic E-state index is 12.8. The van der Waals surface area contributed by atoms with E-state index in [1.807, 2.05) is 17.7 Å². The SMILES string of the molecule is Cc1cc(=O)n(C2CCCC2)c2nc(Nc3ccc(N4CC(C)NC(C)C4)cc3)ncc12.Cl. The molecule has 7 nitrogen and oxygen atoms in total. The second kappa shape index (κ2) is 9.69. The van der Waals surface area contributed by atoms with Gasteiger partial charge < -0.3 is 15.5 Å². The quantitative estimate of drug-likeness (QED) is 0.584. The predicted molar refractivity (Wildman–Crippen MR) is 137 cm³/mol. The molecule has 0 bridgehead atoms. The molecule has 0 radical (unpaired) electrons. The summed E-state index contributed by atoms with van der Waals surface area (Å²) >= 11 is 0. The van der Waals surface area contributed by atoms with Crippen molar-refractivity contribution in [1.82, 2.24) is 19.9 Å². The number of nitrogens with one attached hydrogen (secondary N) is 2. The van der Waals surface area contributed by atoms with Crippen LogP contribution in [0.5, 0.6) is 0 Å². The zero-order valence-corrected chi connectivity index (χ0v) is 20.4. The first kappa shape index (κ1) is 23.5. The lowest BCUT2D eigenvalue weighted by molar-refractivity contribution is 0.407. The minimum atomic E-state index is 0. The third-order valence-electron chi connectivity index (χ3n) is 6.74. The number of hydrogen-bond acceptors (Lipinski definition) is 6. The molecule has 1 saturated carbocycles. The second-order valence-electron chi connectivity index (χ2n) is 9.45. The van der Waals surface area contributed by atoms with E-state index in [1.54, 1.807) is 6.07 Å². The number of benzene rings is 1. The summed E-state index contributed by atoms with van der Waals surface area (Å²) < 4.78 is 1.89. The molecule has 1 aromatic carbocycles. The first-order chi connectivity index (χ1) is 15.5. The van der Waals surface area contributed by atoms with Crippen molar-refractivity contribution in [2.24, 2.45) is 0 Å². The van der Waals surface area contributed by atoms with Gasteiger partial charge in [-0.2, -0.15) is 4.98 Å². The van der Waals surface area contributed by atoms with Crippen molar-refractivity contribution in [3.05, 3.63) is 52.4 Å². The van der Waals surface area contributed by atoms with Crippen molar-refractivity contribution in [2.75, 3.05) is 23.3 Å². The topological polar surface area (TPSA) is 75.1 Å². The van der Waals surface area contributed by atoms with Gasteiger partial charge >= 0.3 is 0 Å². The number of rotatable bonds is 4. The molecule has 0 amide bonds. The van der Waals surface area contributed by atoms with Crippen molar-refractivity contribution in [3.8, 4) is 0 Å². The van der Waals surface area contributed by atoms with Crippen molar-refractivity contribution >= 4 is 40.8 Å². The molecule has 2 unspecified atom stereocenters. The Morgan fingerprint density at radius 2 is 1.73 bits per heavy atom. The average Bonchev–Trinajstić information content (AvgIpc) is 3.28. The maximum Gasteiger partial charge on any atom is 0.252 e. The molecule has 3 aromatic rings. The van der Waals surface area contributed by atoms with Gasteiger partial charge in [0, 0.05) is 60.2 Å². The van der Waals surface area contributed by atoms with Crippen LogP contribution in [0.3, 0.4) is 0 Å². The lowest BCUT2D eigenvalue weighted by atomic mass is 10.1. The van der Waals surface area contributed by atoms with Crippen LogP contribution < -0.4 is 21.1 Å². The van der Waals surface area contributed by atoms with E-state index in [0.29, 0.717) is 18.0 Å². The molecule has 3 heterocycles. The number of fused-ring (bicyclic) bond motifs is 1. The van der Waals surface area contributed by atoms with Crippen LogP contribution in [0, 0.1) is 6.92 Å². The number of piperazine rings is 1. The van der Waals surface area contributed by atoms with Crippen LogP contribution >= 0.6 is 12.4 Å². The highest BCUT2D eigenvalue weighted by atomic mass is 35.5. The Labute approximate surface area is 201 Å². The number of anilines is 3. The van der Waals surface area contributed by atoms with E-state index in [0.717, 1.165) is 48.2 Å². The van der Waals surface area contributed by atoms with E-state index in [1.165, 1.54) is 18.5 Å². The highest BCUT2D eigenvalue weighted by Gasteiger charge is 2.22. The minimum absolute atomic E-state index is 0. The Balaban J connectivity index is 0.00000259. The molecule has 1 aliphatic carbocycles. The normalized spacial score (nSPS) is 21.2. The largest absolute Gasteiger partial charge is 0.368 e. The van der Waals surface area contributed by atoms with E-state index in [2.05, 4.69) is 58.6 Å². The molecule has 2 aromatic heterocycles. The fraction of sp³-hybridized carbons (Fsp3) is 0.480. The van der Waals surface area contributed by atoms with E-state index in [-0.39, 0.29) is 24.0 Å². The van der Waals surface area contributed by atoms with Crippen molar-refractivity contribution < 1.29 is 0 Å². The number of aromatic nitrogens is 3. The first-order valence-electron chi connectivity index (χ1n) is 11.7. The lowest BCUT2D eigenvalue weighted by Gasteiger charge is -2.37. The van der Waals surface area contributed by atoms with Crippen LogP contribution in [-0.2, 0) is 0 Å². The molecule has 2 fully saturated rings. The molecule has 5 rings (SSSR count). The van der Waals surface area contributed by atoms with Crippen LogP contribution in [0.25, 0.3) is 11.0 Å². The zero-order chi connectivity index (χ0) is 22.2. The van der Waals surface area contributed by atoms with Crippen molar-refractivity contribution in [3.63, 3.8) is 0 Å². The number of pyridine rings is 1. The van der Waals surface area contributed by atoms with Gasteiger partial charge in [0.1, 0.15) is 5.65 Å². The molecule has 2 aliphatic rings. The first-order valence-corrected chi connectivity index (χ1v) is 11.7. The number of nitrogens with zero attached hydrogens (tertiary/aromatic N) is 4. The Morgan fingerprint density at radius 3 is 2.39 bits per heavy atom. The van der Waals surface area contributed by atoms with Gasteiger partial charge in [-0.1, -0.05) is 12.8 Å². The van der Waals surface area contributed by atoms with Crippen molar-refractivity contribution in [2.45, 2.75) is 64.6 Å². The zero-order valence-electron chi connectivity index (χ0n) is 19.5. The molecule has 33 heavy (non-hydrogen) atoms. The van der Waals surface area contributed by atoms with Crippen LogP contribution in [-0.4, -0.2) is 39.7 Å². The fourth-order valence-corrected chi connectivity index (χ4v) is 5.27. The van der Waals surface area contributed by atoms with Gasteiger partial charge in [0.15, 0.2) is 0 Å². The van der Waals surface area contributed by atoms with Crippen LogP contribution in [0.15, 0.2) is 41.3 Å². The third kappa shape index (κ3) is 4.84. The van der Waals surface area contributed by atoms with E-state index >= 15 is 0 Å². The molecular formula is C25H33ClN6O. The standard InChI is InChI=1S/C25H32N6O.ClH/c1-16-12-23(32)31(21-6-4-5-7-21)24-22(16)13-26-25(29-24)28-19-8-10-20(11-9-19)30-14-17(2)27-18(3)15-30;/h8-13,17-18,21,27H,4-7,14-15H2,1-3H3,(H,26,28,29);1H. The van der Waals surface area contributed by atoms with Gasteiger partial charge in [0.2, 0.25) is 5.95 Å². The summed E-state index contributed by atoms with van der Waals surface area (Å²) in [6.45, 7) is 8.41. The number of aryl methyl sites for hydroxylation is 1.